The van der Waals surface area contributed by atoms with Crippen LogP contribution >= 0.6 is 11.9 Å². The predicted molar refractivity (Wildman–Crippen MR) is 32.6 cm³/mol. The van der Waals surface area contributed by atoms with E-state index in [1.807, 2.05) is 4.13 Å². The summed E-state index contributed by atoms with van der Waals surface area (Å²) >= 11 is 0.970. The molecule has 0 heterocycles. The molecule has 0 bridgehead atoms. The second kappa shape index (κ2) is 3.29. The van der Waals surface area contributed by atoms with Crippen LogP contribution in [-0.4, -0.2) is 21.8 Å². The number of rotatable bonds is 3. The van der Waals surface area contributed by atoms with Crippen molar-refractivity contribution < 1.29 is 12.6 Å². The van der Waals surface area contributed by atoms with E-state index in [2.05, 4.69) is 4.18 Å². The van der Waals surface area contributed by atoms with Crippen LogP contribution in [0.25, 0.3) is 0 Å². The fourth-order valence-corrected chi connectivity index (χ4v) is 1.22. The van der Waals surface area contributed by atoms with E-state index >= 15 is 0 Å². The fourth-order valence-electron chi connectivity index (χ4n) is 0.136. The third kappa shape index (κ3) is 3.25. The second-order valence-electron chi connectivity index (χ2n) is 0.908. The van der Waals surface area contributed by atoms with Crippen molar-refractivity contribution in [2.24, 2.45) is 0 Å². The molecule has 0 aliphatic heterocycles. The minimum absolute atomic E-state index is 0.970. The molecule has 0 unspecified atom stereocenters. The molecule has 0 aromatic rings. The van der Waals surface area contributed by atoms with Crippen LogP contribution in [0.4, 0.5) is 0 Å². The SMILES string of the molecule is COS(=O)(=O)NSC. The van der Waals surface area contributed by atoms with E-state index in [-0.39, 0.29) is 0 Å². The normalized spacial score (nSPS) is 11.8. The molecule has 0 rings (SSSR count). The van der Waals surface area contributed by atoms with Gasteiger partial charge >= 0.3 is 10.3 Å². The van der Waals surface area contributed by atoms with Crippen molar-refractivity contribution in [1.82, 2.24) is 4.13 Å². The van der Waals surface area contributed by atoms with Gasteiger partial charge in [-0.2, -0.15) is 8.42 Å². The Kier molecular flexibility index (Phi) is 3.38. The summed E-state index contributed by atoms with van der Waals surface area (Å²) < 4.78 is 26.5. The topological polar surface area (TPSA) is 55.4 Å². The van der Waals surface area contributed by atoms with Crippen LogP contribution in [0.2, 0.25) is 0 Å². The van der Waals surface area contributed by atoms with E-state index < -0.39 is 10.3 Å². The van der Waals surface area contributed by atoms with Gasteiger partial charge in [0, 0.05) is 0 Å². The summed E-state index contributed by atoms with van der Waals surface area (Å²) in [6, 6.07) is 0. The molecule has 0 aliphatic carbocycles. The maximum absolute atomic E-state index is 10.2. The van der Waals surface area contributed by atoms with Crippen LogP contribution in [0.1, 0.15) is 0 Å². The van der Waals surface area contributed by atoms with Gasteiger partial charge in [0.2, 0.25) is 0 Å². The summed E-state index contributed by atoms with van der Waals surface area (Å²) in [4.78, 5) is 0. The largest absolute Gasteiger partial charge is 0.344 e. The molecule has 0 saturated carbocycles. The van der Waals surface area contributed by atoms with Crippen LogP contribution in [0.5, 0.6) is 0 Å². The molecule has 6 heteroatoms. The Morgan fingerprint density at radius 1 is 1.62 bits per heavy atom. The standard InChI is InChI=1S/C2H7NO3S2/c1-6-8(4,5)3-7-2/h3H,1-2H3. The lowest BCUT2D eigenvalue weighted by atomic mass is 11.8. The fraction of sp³-hybridized carbons (Fsp3) is 1.00. The Morgan fingerprint density at radius 2 is 2.12 bits per heavy atom. The van der Waals surface area contributed by atoms with Gasteiger partial charge < -0.3 is 0 Å². The number of hydrogen-bond acceptors (Lipinski definition) is 4. The van der Waals surface area contributed by atoms with Gasteiger partial charge in [0.15, 0.2) is 0 Å². The Hall–Kier alpha value is 0.220. The Morgan fingerprint density at radius 3 is 2.25 bits per heavy atom. The van der Waals surface area contributed by atoms with E-state index in [1.54, 1.807) is 6.26 Å². The van der Waals surface area contributed by atoms with Gasteiger partial charge in [0.05, 0.1) is 7.11 Å². The van der Waals surface area contributed by atoms with E-state index in [9.17, 15) is 8.42 Å². The molecular weight excluding hydrogens is 150 g/mol. The van der Waals surface area contributed by atoms with Crippen molar-refractivity contribution in [2.45, 2.75) is 0 Å². The van der Waals surface area contributed by atoms with Crippen LogP contribution in [0, 0.1) is 0 Å². The van der Waals surface area contributed by atoms with Gasteiger partial charge in [0.25, 0.3) is 0 Å². The lowest BCUT2D eigenvalue weighted by molar-refractivity contribution is 0.396. The first-order valence-electron chi connectivity index (χ1n) is 1.72. The van der Waals surface area contributed by atoms with E-state index in [0.29, 0.717) is 0 Å². The maximum atomic E-state index is 10.2. The summed E-state index contributed by atoms with van der Waals surface area (Å²) in [6.45, 7) is 0. The lowest BCUT2D eigenvalue weighted by Crippen LogP contribution is -2.16. The molecule has 0 aliphatic rings. The number of hydrogen-bond donors (Lipinski definition) is 1. The molecule has 0 spiro atoms. The molecule has 8 heavy (non-hydrogen) atoms. The maximum Gasteiger partial charge on any atom is 0.344 e. The lowest BCUT2D eigenvalue weighted by Gasteiger charge is -1.96. The van der Waals surface area contributed by atoms with Gasteiger partial charge in [-0.3, -0.25) is 4.18 Å². The van der Waals surface area contributed by atoms with Crippen molar-refractivity contribution in [1.29, 1.82) is 0 Å². The zero-order valence-corrected chi connectivity index (χ0v) is 6.17. The highest BCUT2D eigenvalue weighted by Crippen LogP contribution is 1.90. The first kappa shape index (κ1) is 8.22. The first-order chi connectivity index (χ1) is 3.62. The third-order valence-corrected chi connectivity index (χ3v) is 2.33. The molecule has 0 saturated heterocycles. The van der Waals surface area contributed by atoms with Crippen molar-refractivity contribution >= 4 is 22.3 Å². The first-order valence-corrected chi connectivity index (χ1v) is 4.36. The monoisotopic (exact) mass is 157 g/mol. The van der Waals surface area contributed by atoms with Crippen molar-refractivity contribution in [3.05, 3.63) is 0 Å². The van der Waals surface area contributed by atoms with Crippen LogP contribution in [0.15, 0.2) is 0 Å². The summed E-state index contributed by atoms with van der Waals surface area (Å²) in [5, 5.41) is 0. The average molecular weight is 157 g/mol. The van der Waals surface area contributed by atoms with E-state index in [4.69, 9.17) is 0 Å². The van der Waals surface area contributed by atoms with Crippen LogP contribution < -0.4 is 4.13 Å². The van der Waals surface area contributed by atoms with Gasteiger partial charge in [-0.1, -0.05) is 11.9 Å². The van der Waals surface area contributed by atoms with Crippen LogP contribution in [-0.2, 0) is 14.5 Å². The molecule has 0 amide bonds. The molecule has 0 aromatic heterocycles. The predicted octanol–water partition coefficient (Wildman–Crippen LogP) is -0.255. The molecule has 50 valence electrons. The van der Waals surface area contributed by atoms with Crippen molar-refractivity contribution in [2.75, 3.05) is 13.4 Å². The van der Waals surface area contributed by atoms with Gasteiger partial charge in [-0.15, -0.1) is 4.13 Å². The quantitative estimate of drug-likeness (QED) is 0.574. The Bertz CT molecular complexity index is 139. The Balaban J connectivity index is 3.76. The molecule has 0 atom stereocenters. The summed E-state index contributed by atoms with van der Waals surface area (Å²) in [5.41, 5.74) is 0. The van der Waals surface area contributed by atoms with E-state index in [0.717, 1.165) is 19.1 Å². The van der Waals surface area contributed by atoms with E-state index in [1.165, 1.54) is 0 Å². The molecular formula is C2H7NO3S2. The summed E-state index contributed by atoms with van der Waals surface area (Å²) in [6.07, 6.45) is 1.59. The second-order valence-corrected chi connectivity index (χ2v) is 3.22. The van der Waals surface area contributed by atoms with Crippen molar-refractivity contribution in [3.63, 3.8) is 0 Å². The van der Waals surface area contributed by atoms with Crippen LogP contribution in [0.3, 0.4) is 0 Å². The highest BCUT2D eigenvalue weighted by molar-refractivity contribution is 8.07. The minimum Gasteiger partial charge on any atom is -0.261 e. The average Bonchev–Trinajstić information content (AvgIpc) is 1.67. The van der Waals surface area contributed by atoms with Crippen molar-refractivity contribution in [3.8, 4) is 0 Å². The van der Waals surface area contributed by atoms with Gasteiger partial charge in [-0.25, -0.2) is 0 Å². The third-order valence-electron chi connectivity index (χ3n) is 0.405. The molecule has 0 aromatic carbocycles. The minimum atomic E-state index is -3.46. The molecule has 4 nitrogen and oxygen atoms in total. The van der Waals surface area contributed by atoms with Gasteiger partial charge in [-0.05, 0) is 6.26 Å². The summed E-state index contributed by atoms with van der Waals surface area (Å²) in [7, 11) is -2.36. The van der Waals surface area contributed by atoms with Gasteiger partial charge in [0.1, 0.15) is 0 Å². The molecule has 0 fully saturated rings. The molecule has 1 N–H and O–H groups in total. The zero-order valence-electron chi connectivity index (χ0n) is 4.54. The Labute approximate surface area is 53.0 Å². The molecule has 0 radical (unpaired) electrons. The zero-order chi connectivity index (χ0) is 6.62. The summed E-state index contributed by atoms with van der Waals surface area (Å²) in [5.74, 6) is 0. The number of nitrogens with one attached hydrogen (secondary N) is 1. The smallest absolute Gasteiger partial charge is 0.261 e. The highest BCUT2D eigenvalue weighted by atomic mass is 32.3. The highest BCUT2D eigenvalue weighted by Gasteiger charge is 2.02.